The highest BCUT2D eigenvalue weighted by Crippen LogP contribution is 2.31. The number of hydrogen-bond acceptors (Lipinski definition) is 7. The van der Waals surface area contributed by atoms with E-state index in [1.54, 1.807) is 33.0 Å². The Hall–Kier alpha value is -3.07. The molecule has 0 aliphatic rings. The molecule has 2 rings (SSSR count). The van der Waals surface area contributed by atoms with Crippen LogP contribution < -0.4 is 20.3 Å². The second kappa shape index (κ2) is 11.2. The summed E-state index contributed by atoms with van der Waals surface area (Å²) in [4.78, 5) is 29.0. The number of carboxylic acid groups (broad SMARTS) is 1. The lowest BCUT2D eigenvalue weighted by Gasteiger charge is -2.25. The summed E-state index contributed by atoms with van der Waals surface area (Å²) in [5.41, 5.74) is -0.704. The minimum Gasteiger partial charge on any atom is -0.490 e. The van der Waals surface area contributed by atoms with Crippen LogP contribution in [0.15, 0.2) is 23.0 Å². The third-order valence-corrected chi connectivity index (χ3v) is 5.65. The lowest BCUT2D eigenvalue weighted by molar-refractivity contribution is -0.154. The average molecular weight is 479 g/mol. The third-order valence-electron chi connectivity index (χ3n) is 5.34. The number of ether oxygens (including phenoxy) is 2. The van der Waals surface area contributed by atoms with Crippen molar-refractivity contribution in [2.45, 2.75) is 59.1 Å². The van der Waals surface area contributed by atoms with Crippen LogP contribution >= 0.6 is 11.6 Å². The van der Waals surface area contributed by atoms with Gasteiger partial charge < -0.3 is 25.3 Å². The van der Waals surface area contributed by atoms with Crippen LogP contribution in [0.3, 0.4) is 0 Å². The molecule has 0 fully saturated rings. The molecule has 0 radical (unpaired) electrons. The number of hydrogen-bond donors (Lipinski definition) is 3. The van der Waals surface area contributed by atoms with Crippen molar-refractivity contribution in [1.82, 2.24) is 9.55 Å². The van der Waals surface area contributed by atoms with E-state index in [2.05, 4.69) is 10.3 Å². The van der Waals surface area contributed by atoms with E-state index < -0.39 is 11.6 Å². The molecule has 0 spiro atoms. The molecule has 9 nitrogen and oxygen atoms in total. The van der Waals surface area contributed by atoms with Crippen molar-refractivity contribution in [3.05, 3.63) is 45.1 Å². The third kappa shape index (κ3) is 6.04. The lowest BCUT2D eigenvalue weighted by atomic mass is 10.0. The number of aromatic nitrogens is 2. The standard InChI is InChI=1S/C23H31ClN4O5/c1-6-8-17(25)19-20(26-5)21(29)28(14(3)27-19)11-12-32-18-13-15(9-10-16(18)24)33-23(4,7-2)22(30)31/h9-10,13,25-26H,6-8,11-12H2,1-5H3,(H,30,31). The average Bonchev–Trinajstić information content (AvgIpc) is 2.77. The number of nitrogens with one attached hydrogen (secondary N) is 2. The van der Waals surface area contributed by atoms with Crippen LogP contribution in [-0.4, -0.2) is 45.6 Å². The van der Waals surface area contributed by atoms with E-state index in [0.29, 0.717) is 40.2 Å². The zero-order valence-electron chi connectivity index (χ0n) is 19.6. The van der Waals surface area contributed by atoms with Gasteiger partial charge in [0.05, 0.1) is 17.3 Å². The molecule has 1 heterocycles. The van der Waals surface area contributed by atoms with Crippen molar-refractivity contribution < 1.29 is 19.4 Å². The van der Waals surface area contributed by atoms with Gasteiger partial charge in [0.1, 0.15) is 35.3 Å². The van der Waals surface area contributed by atoms with Crippen molar-refractivity contribution in [2.75, 3.05) is 19.0 Å². The normalized spacial score (nSPS) is 12.7. The second-order valence-corrected chi connectivity index (χ2v) is 8.16. The highest BCUT2D eigenvalue weighted by atomic mass is 35.5. The van der Waals surface area contributed by atoms with Crippen molar-refractivity contribution in [3.8, 4) is 11.5 Å². The maximum Gasteiger partial charge on any atom is 0.347 e. The molecule has 0 saturated carbocycles. The van der Waals surface area contributed by atoms with Crippen LogP contribution in [0, 0.1) is 12.3 Å². The Balaban J connectivity index is 2.21. The van der Waals surface area contributed by atoms with Crippen LogP contribution in [-0.2, 0) is 11.3 Å². The van der Waals surface area contributed by atoms with E-state index in [9.17, 15) is 14.7 Å². The van der Waals surface area contributed by atoms with Gasteiger partial charge in [0.2, 0.25) is 5.60 Å². The van der Waals surface area contributed by atoms with E-state index >= 15 is 0 Å². The first-order valence-corrected chi connectivity index (χ1v) is 11.2. The highest BCUT2D eigenvalue weighted by Gasteiger charge is 2.33. The molecule has 0 amide bonds. The topological polar surface area (TPSA) is 127 Å². The molecule has 0 aliphatic heterocycles. The van der Waals surface area contributed by atoms with Gasteiger partial charge in [0.25, 0.3) is 5.56 Å². The van der Waals surface area contributed by atoms with Crippen LogP contribution in [0.1, 0.15) is 51.6 Å². The summed E-state index contributed by atoms with van der Waals surface area (Å²) in [7, 11) is 1.63. The first kappa shape index (κ1) is 26.2. The van der Waals surface area contributed by atoms with E-state index in [4.69, 9.17) is 26.5 Å². The molecule has 10 heteroatoms. The van der Waals surface area contributed by atoms with Gasteiger partial charge in [-0.15, -0.1) is 0 Å². The van der Waals surface area contributed by atoms with Gasteiger partial charge >= 0.3 is 5.97 Å². The lowest BCUT2D eigenvalue weighted by Crippen LogP contribution is -2.40. The SMILES string of the molecule is CCCC(=N)c1nc(C)n(CCOc2cc(OC(C)(CC)C(=O)O)ccc2Cl)c(=O)c1NC. The molecular formula is C23H31ClN4O5. The Morgan fingerprint density at radius 2 is 2.06 bits per heavy atom. The van der Waals surface area contributed by atoms with Crippen LogP contribution in [0.5, 0.6) is 11.5 Å². The first-order valence-electron chi connectivity index (χ1n) is 10.8. The number of nitrogens with zero attached hydrogens (tertiary/aromatic N) is 2. The molecule has 33 heavy (non-hydrogen) atoms. The molecule has 1 aromatic heterocycles. The predicted molar refractivity (Wildman–Crippen MR) is 128 cm³/mol. The Morgan fingerprint density at radius 1 is 1.36 bits per heavy atom. The molecule has 180 valence electrons. The number of aryl methyl sites for hydroxylation is 1. The van der Waals surface area contributed by atoms with E-state index in [0.717, 1.165) is 6.42 Å². The smallest absolute Gasteiger partial charge is 0.347 e. The predicted octanol–water partition coefficient (Wildman–Crippen LogP) is 4.13. The van der Waals surface area contributed by atoms with Gasteiger partial charge in [-0.1, -0.05) is 31.9 Å². The summed E-state index contributed by atoms with van der Waals surface area (Å²) in [5.74, 6) is 0.0293. The molecule has 0 aliphatic carbocycles. The van der Waals surface area contributed by atoms with Gasteiger partial charge in [-0.3, -0.25) is 9.36 Å². The molecule has 1 atom stereocenters. The van der Waals surface area contributed by atoms with Gasteiger partial charge in [0, 0.05) is 13.1 Å². The monoisotopic (exact) mass is 478 g/mol. The number of anilines is 1. The van der Waals surface area contributed by atoms with Gasteiger partial charge in [-0.05, 0) is 38.8 Å². The number of carboxylic acids is 1. The summed E-state index contributed by atoms with van der Waals surface area (Å²) in [5, 5.41) is 20.8. The molecule has 2 aromatic rings. The quantitative estimate of drug-likeness (QED) is 0.391. The van der Waals surface area contributed by atoms with Crippen LogP contribution in [0.25, 0.3) is 0 Å². The fourth-order valence-electron chi connectivity index (χ4n) is 3.17. The summed E-state index contributed by atoms with van der Waals surface area (Å²) >= 11 is 6.23. The highest BCUT2D eigenvalue weighted by molar-refractivity contribution is 6.32. The molecule has 0 saturated heterocycles. The molecule has 1 aromatic carbocycles. The van der Waals surface area contributed by atoms with E-state index in [1.807, 2.05) is 6.92 Å². The first-order chi connectivity index (χ1) is 15.6. The van der Waals surface area contributed by atoms with E-state index in [-0.39, 0.29) is 30.8 Å². The summed E-state index contributed by atoms with van der Waals surface area (Å²) in [6.07, 6.45) is 1.59. The number of halogens is 1. The second-order valence-electron chi connectivity index (χ2n) is 7.75. The van der Waals surface area contributed by atoms with Crippen LogP contribution in [0.4, 0.5) is 5.69 Å². The fourth-order valence-corrected chi connectivity index (χ4v) is 3.34. The Labute approximate surface area is 198 Å². The number of carbonyl (C=O) groups is 1. The molecule has 0 bridgehead atoms. The van der Waals surface area contributed by atoms with Crippen LogP contribution in [0.2, 0.25) is 5.02 Å². The minimum absolute atomic E-state index is 0.116. The molecular weight excluding hydrogens is 448 g/mol. The Bertz CT molecular complexity index is 1090. The maximum atomic E-state index is 13.0. The van der Waals surface area contributed by atoms with Crippen molar-refractivity contribution in [3.63, 3.8) is 0 Å². The summed E-state index contributed by atoms with van der Waals surface area (Å²) < 4.78 is 12.9. The minimum atomic E-state index is -1.38. The molecule has 1 unspecified atom stereocenters. The number of benzene rings is 1. The van der Waals surface area contributed by atoms with Crippen molar-refractivity contribution >= 4 is 29.0 Å². The number of aliphatic carboxylic acids is 1. The van der Waals surface area contributed by atoms with Gasteiger partial charge in [0.15, 0.2) is 0 Å². The number of rotatable bonds is 12. The van der Waals surface area contributed by atoms with Crippen molar-refractivity contribution in [2.24, 2.45) is 0 Å². The summed E-state index contributed by atoms with van der Waals surface area (Å²) in [6.45, 7) is 7.22. The Morgan fingerprint density at radius 3 is 2.64 bits per heavy atom. The zero-order valence-corrected chi connectivity index (χ0v) is 20.4. The summed E-state index contributed by atoms with van der Waals surface area (Å²) in [6, 6.07) is 4.67. The fraction of sp³-hybridized carbons (Fsp3) is 0.478. The Kier molecular flexibility index (Phi) is 8.87. The maximum absolute atomic E-state index is 13.0. The largest absolute Gasteiger partial charge is 0.490 e. The zero-order chi connectivity index (χ0) is 24.8. The molecule has 3 N–H and O–H groups in total. The van der Waals surface area contributed by atoms with Gasteiger partial charge in [-0.2, -0.15) is 0 Å². The van der Waals surface area contributed by atoms with Gasteiger partial charge in [-0.25, -0.2) is 9.78 Å². The van der Waals surface area contributed by atoms with E-state index in [1.165, 1.54) is 17.6 Å². The van der Waals surface area contributed by atoms with Crippen molar-refractivity contribution in [1.29, 1.82) is 5.41 Å².